The van der Waals surface area contributed by atoms with E-state index in [1.807, 2.05) is 13.0 Å². The third kappa shape index (κ3) is 4.75. The maximum absolute atomic E-state index is 13.3. The van der Waals surface area contributed by atoms with Gasteiger partial charge in [-0.2, -0.15) is 0 Å². The normalized spacial score (nSPS) is 11.0. The van der Waals surface area contributed by atoms with Gasteiger partial charge < -0.3 is 10.1 Å². The van der Waals surface area contributed by atoms with Crippen molar-refractivity contribution in [2.45, 2.75) is 11.8 Å². The summed E-state index contributed by atoms with van der Waals surface area (Å²) in [6.07, 6.45) is 0. The molecule has 150 valence electrons. The van der Waals surface area contributed by atoms with Gasteiger partial charge in [0, 0.05) is 11.8 Å². The number of nitrogens with one attached hydrogen (secondary N) is 1. The van der Waals surface area contributed by atoms with Gasteiger partial charge >= 0.3 is 0 Å². The Morgan fingerprint density at radius 1 is 0.966 bits per heavy atom. The Labute approximate surface area is 170 Å². The number of aryl methyl sites for hydroxylation is 1. The summed E-state index contributed by atoms with van der Waals surface area (Å²) in [5, 5.41) is 2.73. The molecule has 0 spiro atoms. The van der Waals surface area contributed by atoms with E-state index in [1.165, 1.54) is 19.2 Å². The lowest BCUT2D eigenvalue weighted by Gasteiger charge is -2.25. The average molecular weight is 410 g/mol. The zero-order valence-corrected chi connectivity index (χ0v) is 17.0. The molecule has 0 aliphatic carbocycles. The Morgan fingerprint density at radius 3 is 2.21 bits per heavy atom. The highest BCUT2D eigenvalue weighted by Gasteiger charge is 2.27. The van der Waals surface area contributed by atoms with Crippen LogP contribution >= 0.6 is 0 Å². The lowest BCUT2D eigenvalue weighted by Crippen LogP contribution is -2.38. The number of ether oxygens (including phenoxy) is 1. The first-order chi connectivity index (χ1) is 13.9. The van der Waals surface area contributed by atoms with Gasteiger partial charge in [0.05, 0.1) is 17.7 Å². The molecule has 3 aromatic rings. The molecule has 0 saturated heterocycles. The number of para-hydroxylation sites is 1. The second-order valence-electron chi connectivity index (χ2n) is 6.39. The summed E-state index contributed by atoms with van der Waals surface area (Å²) in [5.41, 5.74) is 1.80. The van der Waals surface area contributed by atoms with Crippen molar-refractivity contribution in [3.8, 4) is 5.75 Å². The fraction of sp³-hybridized carbons (Fsp3) is 0.136. The van der Waals surface area contributed by atoms with Crippen molar-refractivity contribution >= 4 is 27.3 Å². The monoisotopic (exact) mass is 410 g/mol. The number of benzene rings is 3. The van der Waals surface area contributed by atoms with Crippen LogP contribution in [0.4, 0.5) is 11.4 Å². The van der Waals surface area contributed by atoms with Crippen LogP contribution in [0.3, 0.4) is 0 Å². The lowest BCUT2D eigenvalue weighted by atomic mass is 10.2. The zero-order valence-electron chi connectivity index (χ0n) is 16.2. The van der Waals surface area contributed by atoms with Crippen LogP contribution < -0.4 is 14.4 Å². The number of carbonyl (C=O) groups excluding carboxylic acids is 1. The number of hydrogen-bond acceptors (Lipinski definition) is 4. The number of hydrogen-bond donors (Lipinski definition) is 1. The SMILES string of the molecule is COc1cc(N(CC(=O)Nc2ccccc2)S(=O)(=O)c2ccccc2)ccc1C. The smallest absolute Gasteiger partial charge is 0.264 e. The summed E-state index contributed by atoms with van der Waals surface area (Å²) in [6, 6.07) is 22.0. The van der Waals surface area contributed by atoms with Crippen molar-refractivity contribution < 1.29 is 17.9 Å². The molecule has 0 unspecified atom stereocenters. The minimum absolute atomic E-state index is 0.104. The van der Waals surface area contributed by atoms with Crippen molar-refractivity contribution in [1.29, 1.82) is 0 Å². The molecule has 0 aliphatic rings. The molecule has 0 heterocycles. The third-order valence-electron chi connectivity index (χ3n) is 4.36. The molecule has 29 heavy (non-hydrogen) atoms. The van der Waals surface area contributed by atoms with Gasteiger partial charge in [0.25, 0.3) is 10.0 Å². The predicted molar refractivity (Wildman–Crippen MR) is 114 cm³/mol. The van der Waals surface area contributed by atoms with E-state index in [4.69, 9.17) is 4.74 Å². The molecule has 0 bridgehead atoms. The summed E-state index contributed by atoms with van der Waals surface area (Å²) in [5.74, 6) is 0.0921. The Balaban J connectivity index is 1.99. The molecule has 6 nitrogen and oxygen atoms in total. The first kappa shape index (κ1) is 20.4. The van der Waals surface area contributed by atoms with Crippen molar-refractivity contribution in [3.63, 3.8) is 0 Å². The molecule has 0 aromatic heterocycles. The number of methoxy groups -OCH3 is 1. The molecule has 3 rings (SSSR count). The van der Waals surface area contributed by atoms with E-state index in [-0.39, 0.29) is 11.4 Å². The fourth-order valence-electron chi connectivity index (χ4n) is 2.85. The Hall–Kier alpha value is -3.32. The molecule has 0 atom stereocenters. The molecular weight excluding hydrogens is 388 g/mol. The topological polar surface area (TPSA) is 75.7 Å². The van der Waals surface area contributed by atoms with E-state index >= 15 is 0 Å². The van der Waals surface area contributed by atoms with Gasteiger partial charge in [-0.25, -0.2) is 8.42 Å². The van der Waals surface area contributed by atoms with Crippen molar-refractivity contribution in [2.24, 2.45) is 0 Å². The first-order valence-corrected chi connectivity index (χ1v) is 10.4. The highest BCUT2D eigenvalue weighted by Crippen LogP contribution is 2.29. The lowest BCUT2D eigenvalue weighted by molar-refractivity contribution is -0.114. The van der Waals surface area contributed by atoms with Gasteiger partial charge in [-0.1, -0.05) is 42.5 Å². The van der Waals surface area contributed by atoms with E-state index in [0.717, 1.165) is 9.87 Å². The zero-order chi connectivity index (χ0) is 20.9. The Kier molecular flexibility index (Phi) is 6.19. The van der Waals surface area contributed by atoms with Crippen LogP contribution in [-0.4, -0.2) is 28.0 Å². The molecule has 1 N–H and O–H groups in total. The summed E-state index contributed by atoms with van der Waals surface area (Å²) in [7, 11) is -2.44. The van der Waals surface area contributed by atoms with E-state index in [9.17, 15) is 13.2 Å². The van der Waals surface area contributed by atoms with Gasteiger partial charge in [-0.05, 0) is 42.8 Å². The van der Waals surface area contributed by atoms with E-state index < -0.39 is 15.9 Å². The minimum atomic E-state index is -3.96. The van der Waals surface area contributed by atoms with E-state index in [1.54, 1.807) is 60.7 Å². The van der Waals surface area contributed by atoms with Crippen LogP contribution in [0.1, 0.15) is 5.56 Å². The van der Waals surface area contributed by atoms with Crippen LogP contribution in [0.15, 0.2) is 83.8 Å². The maximum atomic E-state index is 13.3. The highest BCUT2D eigenvalue weighted by molar-refractivity contribution is 7.92. The fourth-order valence-corrected chi connectivity index (χ4v) is 4.28. The second kappa shape index (κ2) is 8.79. The van der Waals surface area contributed by atoms with Crippen LogP contribution in [0, 0.1) is 6.92 Å². The molecule has 7 heteroatoms. The molecule has 0 saturated carbocycles. The van der Waals surface area contributed by atoms with Gasteiger partial charge in [0.2, 0.25) is 5.91 Å². The molecule has 0 aliphatic heterocycles. The minimum Gasteiger partial charge on any atom is -0.496 e. The Morgan fingerprint density at radius 2 is 1.59 bits per heavy atom. The van der Waals surface area contributed by atoms with Crippen molar-refractivity contribution in [2.75, 3.05) is 23.3 Å². The second-order valence-corrected chi connectivity index (χ2v) is 8.26. The van der Waals surface area contributed by atoms with E-state index in [2.05, 4.69) is 5.32 Å². The van der Waals surface area contributed by atoms with E-state index in [0.29, 0.717) is 17.1 Å². The molecular formula is C22H22N2O4S. The van der Waals surface area contributed by atoms with Crippen LogP contribution in [0.25, 0.3) is 0 Å². The van der Waals surface area contributed by atoms with Crippen LogP contribution in [-0.2, 0) is 14.8 Å². The summed E-state index contributed by atoms with van der Waals surface area (Å²) in [6.45, 7) is 1.49. The highest BCUT2D eigenvalue weighted by atomic mass is 32.2. The van der Waals surface area contributed by atoms with Gasteiger partial charge in [-0.3, -0.25) is 9.10 Å². The summed E-state index contributed by atoms with van der Waals surface area (Å²) < 4.78 is 33.0. The van der Waals surface area contributed by atoms with Crippen molar-refractivity contribution in [1.82, 2.24) is 0 Å². The largest absolute Gasteiger partial charge is 0.496 e. The van der Waals surface area contributed by atoms with Crippen LogP contribution in [0.5, 0.6) is 5.75 Å². The van der Waals surface area contributed by atoms with Gasteiger partial charge in [0.1, 0.15) is 12.3 Å². The standard InChI is InChI=1S/C22H22N2O4S/c1-17-13-14-19(15-21(17)28-2)24(29(26,27)20-11-7-4-8-12-20)16-22(25)23-18-9-5-3-6-10-18/h3-15H,16H2,1-2H3,(H,23,25). The first-order valence-electron chi connectivity index (χ1n) is 8.99. The molecule has 1 amide bonds. The van der Waals surface area contributed by atoms with Gasteiger partial charge in [0.15, 0.2) is 0 Å². The predicted octanol–water partition coefficient (Wildman–Crippen LogP) is 3.84. The molecule has 3 aromatic carbocycles. The maximum Gasteiger partial charge on any atom is 0.264 e. The third-order valence-corrected chi connectivity index (χ3v) is 6.14. The number of sulfonamides is 1. The number of anilines is 2. The van der Waals surface area contributed by atoms with Gasteiger partial charge in [-0.15, -0.1) is 0 Å². The summed E-state index contributed by atoms with van der Waals surface area (Å²) in [4.78, 5) is 12.8. The molecule has 0 radical (unpaired) electrons. The molecule has 0 fully saturated rings. The number of rotatable bonds is 7. The number of amides is 1. The number of nitrogens with zero attached hydrogens (tertiary/aromatic N) is 1. The Bertz CT molecular complexity index is 1080. The van der Waals surface area contributed by atoms with Crippen LogP contribution in [0.2, 0.25) is 0 Å². The quantitative estimate of drug-likeness (QED) is 0.642. The average Bonchev–Trinajstić information content (AvgIpc) is 2.74. The summed E-state index contributed by atoms with van der Waals surface area (Å²) >= 11 is 0. The number of carbonyl (C=O) groups is 1. The van der Waals surface area contributed by atoms with Crippen molar-refractivity contribution in [3.05, 3.63) is 84.4 Å².